The average molecular weight is 865 g/mol. The molecule has 2 unspecified atom stereocenters. The van der Waals surface area contributed by atoms with E-state index in [4.69, 9.17) is 20.6 Å². The zero-order chi connectivity index (χ0) is 43.7. The average Bonchev–Trinajstić information content (AvgIpc) is 3.83. The monoisotopic (exact) mass is 864 g/mol. The number of nitrogens with zero attached hydrogens (tertiary/aromatic N) is 8. The molecule has 10 rings (SSSR count). The van der Waals surface area contributed by atoms with Gasteiger partial charge >= 0.3 is 0 Å². The molecular weight excluding hydrogens is 809 g/mol. The summed E-state index contributed by atoms with van der Waals surface area (Å²) in [6.07, 6.45) is 9.55. The van der Waals surface area contributed by atoms with Crippen molar-refractivity contribution in [3.8, 4) is 22.8 Å². The van der Waals surface area contributed by atoms with Crippen molar-refractivity contribution in [1.29, 1.82) is 0 Å². The number of nitrogen functional groups attached to an aromatic ring is 1. The van der Waals surface area contributed by atoms with E-state index in [2.05, 4.69) is 29.7 Å². The largest absolute Gasteiger partial charge is 0.457 e. The molecule has 4 fully saturated rings. The number of ether oxygens (including phenoxy) is 1. The molecule has 4 saturated heterocycles. The highest BCUT2D eigenvalue weighted by Gasteiger charge is 2.45. The number of nitrogens with two attached hydrogens (primary N) is 1. The number of para-hydroxylation sites is 1. The lowest BCUT2D eigenvalue weighted by Gasteiger charge is -2.38. The Balaban J connectivity index is 0.674. The van der Waals surface area contributed by atoms with Crippen molar-refractivity contribution in [3.05, 3.63) is 95.8 Å². The Morgan fingerprint density at radius 3 is 2.20 bits per heavy atom. The first-order valence-electron chi connectivity index (χ1n) is 23.1. The van der Waals surface area contributed by atoms with Crippen LogP contribution in [0.1, 0.15) is 96.0 Å². The molecule has 64 heavy (non-hydrogen) atoms. The highest BCUT2D eigenvalue weighted by molar-refractivity contribution is 6.23. The molecule has 2 atom stereocenters. The number of carbonyl (C=O) groups is 4. The van der Waals surface area contributed by atoms with Crippen LogP contribution in [0.25, 0.3) is 22.3 Å². The lowest BCUT2D eigenvalue weighted by molar-refractivity contribution is -0.136. The van der Waals surface area contributed by atoms with Crippen LogP contribution in [0.4, 0.5) is 5.82 Å². The van der Waals surface area contributed by atoms with Crippen molar-refractivity contribution in [1.82, 2.24) is 44.7 Å². The van der Waals surface area contributed by atoms with E-state index in [1.54, 1.807) is 12.4 Å². The quantitative estimate of drug-likeness (QED) is 0.143. The van der Waals surface area contributed by atoms with E-state index in [1.165, 1.54) is 12.8 Å². The number of imide groups is 2. The van der Waals surface area contributed by atoms with Gasteiger partial charge < -0.3 is 25.2 Å². The van der Waals surface area contributed by atoms with Crippen molar-refractivity contribution in [2.24, 2.45) is 5.92 Å². The first-order chi connectivity index (χ1) is 31.3. The van der Waals surface area contributed by atoms with Crippen LogP contribution in [-0.4, -0.2) is 128 Å². The molecule has 0 spiro atoms. The molecule has 5 aromatic rings. The predicted octanol–water partition coefficient (Wildman–Crippen LogP) is 5.89. The number of fused-ring (bicyclic) bond motifs is 2. The van der Waals surface area contributed by atoms with Gasteiger partial charge in [0, 0.05) is 25.1 Å². The molecule has 4 amide bonds. The lowest BCUT2D eigenvalue weighted by atomic mass is 9.87. The third-order valence-corrected chi connectivity index (χ3v) is 14.1. The second-order valence-corrected chi connectivity index (χ2v) is 18.3. The van der Waals surface area contributed by atoms with Gasteiger partial charge in [0.1, 0.15) is 35.4 Å². The Labute approximate surface area is 372 Å². The molecule has 3 N–H and O–H groups in total. The van der Waals surface area contributed by atoms with E-state index in [0.717, 1.165) is 135 Å². The number of anilines is 1. The number of piperidine rings is 4. The molecule has 0 saturated carbocycles. The van der Waals surface area contributed by atoms with Crippen molar-refractivity contribution in [3.63, 3.8) is 0 Å². The Morgan fingerprint density at radius 1 is 0.734 bits per heavy atom. The Bertz CT molecular complexity index is 2530. The Kier molecular flexibility index (Phi) is 11.9. The standard InChI is InChI=1S/C49H56N10O5/c50-45-43-44(34-9-12-38(13-10-34)64-37-7-2-1-3-8-37)54-59(46(43)52-31-51-45)36-6-4-21-57(30-36)29-32-17-24-55(25-18-32)22-5-23-56-26-19-33(20-27-56)35-11-14-39-40(28-35)49(63)58(48(39)62)41-15-16-42(60)53-47(41)61/h1-3,7-14,28,31-33,36,41H,4-6,15-27,29-30H2,(H2,50,51,52)(H,53,60,61). The summed E-state index contributed by atoms with van der Waals surface area (Å²) in [7, 11) is 0. The SMILES string of the molecule is Nc1ncnc2c1c(-c1ccc(Oc3ccccc3)cc1)nn2C1CCCN(CC2CCN(CCCN3CCC(c4ccc5c(c4)C(=O)N(C4CCC(=O)NC4=O)C5=O)CC3)CC2)C1. The summed E-state index contributed by atoms with van der Waals surface area (Å²) in [4.78, 5) is 68.6. The van der Waals surface area contributed by atoms with Crippen LogP contribution in [-0.2, 0) is 9.59 Å². The van der Waals surface area contributed by atoms with E-state index in [-0.39, 0.29) is 24.8 Å². The highest BCUT2D eigenvalue weighted by atomic mass is 16.5. The molecule has 15 heteroatoms. The van der Waals surface area contributed by atoms with Crippen LogP contribution in [0.15, 0.2) is 79.1 Å². The van der Waals surface area contributed by atoms with Crippen molar-refractivity contribution >= 4 is 40.5 Å². The Hall–Kier alpha value is -6.03. The fourth-order valence-corrected chi connectivity index (χ4v) is 10.7. The zero-order valence-electron chi connectivity index (χ0n) is 36.2. The molecule has 2 aromatic heterocycles. The third kappa shape index (κ3) is 8.63. The summed E-state index contributed by atoms with van der Waals surface area (Å²) < 4.78 is 8.14. The van der Waals surface area contributed by atoms with Gasteiger partial charge in [-0.1, -0.05) is 24.3 Å². The maximum Gasteiger partial charge on any atom is 0.262 e. The molecule has 0 bridgehead atoms. The number of rotatable bonds is 12. The van der Waals surface area contributed by atoms with Gasteiger partial charge in [0.2, 0.25) is 11.8 Å². The van der Waals surface area contributed by atoms with E-state index in [9.17, 15) is 19.2 Å². The van der Waals surface area contributed by atoms with Crippen molar-refractivity contribution in [2.75, 3.05) is 64.6 Å². The van der Waals surface area contributed by atoms with E-state index in [1.807, 2.05) is 66.7 Å². The number of amides is 4. The van der Waals surface area contributed by atoms with Crippen LogP contribution in [0.2, 0.25) is 0 Å². The number of aromatic nitrogens is 4. The van der Waals surface area contributed by atoms with Crippen LogP contribution in [0, 0.1) is 5.92 Å². The van der Waals surface area contributed by atoms with Crippen molar-refractivity contribution in [2.45, 2.75) is 75.8 Å². The number of carbonyl (C=O) groups excluding carboxylic acids is 4. The zero-order valence-corrected chi connectivity index (χ0v) is 36.2. The van der Waals surface area contributed by atoms with Gasteiger partial charge in [-0.05, 0) is 163 Å². The minimum Gasteiger partial charge on any atom is -0.457 e. The molecule has 332 valence electrons. The summed E-state index contributed by atoms with van der Waals surface area (Å²) >= 11 is 0. The number of likely N-dealkylation sites (tertiary alicyclic amines) is 3. The topological polar surface area (TPSA) is 172 Å². The smallest absolute Gasteiger partial charge is 0.262 e. The number of hydrogen-bond donors (Lipinski definition) is 2. The molecular formula is C49H56N10O5. The second-order valence-electron chi connectivity index (χ2n) is 18.3. The van der Waals surface area contributed by atoms with E-state index in [0.29, 0.717) is 28.8 Å². The molecule has 7 heterocycles. The first kappa shape index (κ1) is 42.0. The highest BCUT2D eigenvalue weighted by Crippen LogP contribution is 2.37. The minimum atomic E-state index is -0.947. The van der Waals surface area contributed by atoms with E-state index < -0.39 is 23.8 Å². The van der Waals surface area contributed by atoms with Gasteiger partial charge in [-0.15, -0.1) is 0 Å². The number of benzene rings is 3. The summed E-state index contributed by atoms with van der Waals surface area (Å²) in [5, 5.41) is 8.24. The van der Waals surface area contributed by atoms with Crippen LogP contribution in [0.5, 0.6) is 11.5 Å². The molecule has 3 aromatic carbocycles. The maximum atomic E-state index is 13.4. The summed E-state index contributed by atoms with van der Waals surface area (Å²) in [5.41, 5.74) is 10.8. The molecule has 5 aliphatic heterocycles. The third-order valence-electron chi connectivity index (χ3n) is 14.1. The Morgan fingerprint density at radius 2 is 1.45 bits per heavy atom. The molecule has 5 aliphatic rings. The maximum absolute atomic E-state index is 13.4. The predicted molar refractivity (Wildman–Crippen MR) is 242 cm³/mol. The second kappa shape index (κ2) is 18.2. The summed E-state index contributed by atoms with van der Waals surface area (Å²) in [6.45, 7) is 9.64. The van der Waals surface area contributed by atoms with Crippen molar-refractivity contribution < 1.29 is 23.9 Å². The van der Waals surface area contributed by atoms with Crippen LogP contribution in [0.3, 0.4) is 0 Å². The van der Waals surface area contributed by atoms with Gasteiger partial charge in [0.15, 0.2) is 5.65 Å². The minimum absolute atomic E-state index is 0.111. The summed E-state index contributed by atoms with van der Waals surface area (Å²) in [5.74, 6) is 1.12. The van der Waals surface area contributed by atoms with Gasteiger partial charge in [-0.2, -0.15) is 5.10 Å². The normalized spacial score (nSPS) is 22.0. The number of hydrogen-bond acceptors (Lipinski definition) is 12. The van der Waals surface area contributed by atoms with Gasteiger partial charge in [-0.3, -0.25) is 29.4 Å². The van der Waals surface area contributed by atoms with Gasteiger partial charge in [-0.25, -0.2) is 14.6 Å². The van der Waals surface area contributed by atoms with Crippen LogP contribution >= 0.6 is 0 Å². The molecule has 0 aliphatic carbocycles. The molecule has 0 radical (unpaired) electrons. The fourth-order valence-electron chi connectivity index (χ4n) is 10.7. The first-order valence-corrected chi connectivity index (χ1v) is 23.1. The molecule has 15 nitrogen and oxygen atoms in total. The van der Waals surface area contributed by atoms with E-state index >= 15 is 0 Å². The van der Waals surface area contributed by atoms with Gasteiger partial charge in [0.05, 0.1) is 22.6 Å². The summed E-state index contributed by atoms with van der Waals surface area (Å²) in [6, 6.07) is 22.6. The van der Waals surface area contributed by atoms with Crippen LogP contribution < -0.4 is 15.8 Å². The lowest BCUT2D eigenvalue weighted by Crippen LogP contribution is -2.54. The fraction of sp³-hybridized carbons (Fsp3) is 0.449. The van der Waals surface area contributed by atoms with Gasteiger partial charge in [0.25, 0.3) is 11.8 Å². The number of nitrogens with one attached hydrogen (secondary N) is 1.